The second kappa shape index (κ2) is 99.9. The summed E-state index contributed by atoms with van der Waals surface area (Å²) in [5.41, 5.74) is 0. The van der Waals surface area contributed by atoms with E-state index < -0.39 is 0 Å². The van der Waals surface area contributed by atoms with E-state index in [4.69, 9.17) is 0 Å². The molecule has 0 fully saturated rings. The summed E-state index contributed by atoms with van der Waals surface area (Å²) < 4.78 is 0. The normalized spacial score (nSPS) is 0. The first-order valence-electron chi connectivity index (χ1n) is 0. The Kier molecular flexibility index (Phi) is 979. The van der Waals surface area contributed by atoms with Crippen molar-refractivity contribution in [2.45, 2.75) is 0 Å². The Morgan fingerprint density at radius 3 is 0.500 bits per heavy atom. The van der Waals surface area contributed by atoms with Crippen LogP contribution in [0, 0.1) is 0 Å². The van der Waals surface area contributed by atoms with Crippen LogP contribution >= 0.6 is 0 Å². The minimum atomic E-state index is 0. The van der Waals surface area contributed by atoms with E-state index in [2.05, 4.69) is 0 Å². The molecule has 0 N–H and O–H groups in total. The molecule has 12 heavy (non-hydrogen) atoms. The summed E-state index contributed by atoms with van der Waals surface area (Å²) in [5.74, 6) is 0. The second-order valence-corrected chi connectivity index (χ2v) is 0. The van der Waals surface area contributed by atoms with Crippen molar-refractivity contribution in [2.75, 3.05) is 0 Å². The van der Waals surface area contributed by atoms with Gasteiger partial charge in [-0.1, -0.05) is 0 Å². The van der Waals surface area contributed by atoms with Gasteiger partial charge in [-0.05, 0) is 0 Å². The van der Waals surface area contributed by atoms with Crippen LogP contribution in [0.5, 0.6) is 0 Å². The number of hydrogen-bond donors (Lipinski definition) is 0. The van der Waals surface area contributed by atoms with Crippen molar-refractivity contribution < 1.29 is 101 Å². The molecule has 2 atom stereocenters. The van der Waals surface area contributed by atoms with Gasteiger partial charge in [-0.15, -0.1) is 0 Å². The summed E-state index contributed by atoms with van der Waals surface area (Å²) in [7, 11) is 0. The third kappa shape index (κ3) is 84.1. The molecule has 0 spiro atoms. The first-order chi connectivity index (χ1) is 0. The van der Waals surface area contributed by atoms with Crippen molar-refractivity contribution in [3.05, 3.63) is 0 Å². The van der Waals surface area contributed by atoms with Gasteiger partial charge in [0.2, 0.25) is 0 Å². The Hall–Kier alpha value is 7.58. The minimum absolute atomic E-state index is 0. The molecule has 0 aromatic rings. The van der Waals surface area contributed by atoms with Crippen molar-refractivity contribution in [3.63, 3.8) is 0 Å². The van der Waals surface area contributed by atoms with E-state index in [0.29, 0.717) is 0 Å². The standard InChI is InChI=1S/2AsH3.2Bi.2Cu.2Fe.2Ni.2Sb.12H/h2*1H3;;;;;;;;;;;;;;;;;;;;;;. The molecule has 0 aromatic carbocycles. The van der Waals surface area contributed by atoms with E-state index in [-0.39, 0.29) is 238 Å². The van der Waals surface area contributed by atoms with Crippen LogP contribution in [-0.2, 0) is 101 Å². The van der Waals surface area contributed by atoms with Crippen molar-refractivity contribution in [2.24, 2.45) is 0 Å². The predicted molar refractivity (Wildman–Crippen MR) is 59.6 cm³/mol. The molecule has 0 aliphatic carbocycles. The van der Waals surface area contributed by atoms with E-state index in [1.807, 2.05) is 0 Å². The molecule has 106 valence electrons. The molecule has 0 saturated carbocycles. The molecule has 0 bridgehead atoms. The third-order valence-corrected chi connectivity index (χ3v) is 0. The van der Waals surface area contributed by atoms with Crippen LogP contribution in [0.4, 0.5) is 0 Å². The number of hydrogen-bond acceptors (Lipinski definition) is 0. The van der Waals surface area contributed by atoms with Gasteiger partial charge in [-0.3, -0.25) is 0 Å². The second-order valence-electron chi connectivity index (χ2n) is 0. The zero-order valence-corrected chi connectivity index (χ0v) is 37.3. The molecule has 0 rings (SSSR count). The van der Waals surface area contributed by atoms with Gasteiger partial charge >= 0.3 is 137 Å². The average molecular weight is 1190 g/mol. The molecule has 2 radical (unpaired) electrons. The van der Waals surface area contributed by atoms with Gasteiger partial charge in [-0.2, -0.15) is 0 Å². The SMILES string of the molecule is [AsH3].[AsH3].[BiH3].[BiH3].[Cu].[Cu].[Fe].[Fe].[Ni].[Ni].[SbH3].[SbH3]. The van der Waals surface area contributed by atoms with Crippen molar-refractivity contribution >= 4 is 137 Å². The fourth-order valence-corrected chi connectivity index (χ4v) is 0. The quantitative estimate of drug-likeness (QED) is 0.212. The predicted octanol–water partition coefficient (Wildman–Crippen LogP) is -7.12. The summed E-state index contributed by atoms with van der Waals surface area (Å²) in [6.07, 6.45) is 0. The topological polar surface area (TPSA) is 0 Å². The van der Waals surface area contributed by atoms with Crippen molar-refractivity contribution in [3.8, 4) is 0 Å². The van der Waals surface area contributed by atoms with E-state index in [1.165, 1.54) is 0 Å². The summed E-state index contributed by atoms with van der Waals surface area (Å²) in [6, 6.07) is 0. The van der Waals surface area contributed by atoms with Crippen molar-refractivity contribution in [1.82, 2.24) is 0 Å². The fourth-order valence-electron chi connectivity index (χ4n) is 0. The van der Waals surface area contributed by atoms with Gasteiger partial charge < -0.3 is 0 Å². The van der Waals surface area contributed by atoms with E-state index in [9.17, 15) is 0 Å². The summed E-state index contributed by atoms with van der Waals surface area (Å²) in [4.78, 5) is 0. The molecule has 12 heteroatoms. The van der Waals surface area contributed by atoms with Crippen LogP contribution in [0.2, 0.25) is 0 Å². The molecule has 0 heterocycles. The maximum absolute atomic E-state index is 0. The molecule has 0 aliphatic heterocycles. The Labute approximate surface area is 232 Å². The van der Waals surface area contributed by atoms with Crippen molar-refractivity contribution in [1.29, 1.82) is 0 Å². The first-order valence-corrected chi connectivity index (χ1v) is 0. The van der Waals surface area contributed by atoms with E-state index >= 15 is 0 Å². The zero-order valence-electron chi connectivity index (χ0n) is 6.19. The van der Waals surface area contributed by atoms with Crippen LogP contribution in [0.25, 0.3) is 0 Å². The summed E-state index contributed by atoms with van der Waals surface area (Å²) >= 11 is 0. The Morgan fingerprint density at radius 2 is 0.500 bits per heavy atom. The van der Waals surface area contributed by atoms with E-state index in [1.54, 1.807) is 0 Å². The van der Waals surface area contributed by atoms with Gasteiger partial charge in [0.1, 0.15) is 0 Å². The third-order valence-electron chi connectivity index (χ3n) is 0. The van der Waals surface area contributed by atoms with Gasteiger partial charge in [0.15, 0.2) is 0 Å². The van der Waals surface area contributed by atoms with Crippen LogP contribution in [0.15, 0.2) is 0 Å². The number of rotatable bonds is 0. The van der Waals surface area contributed by atoms with Crippen LogP contribution < -0.4 is 0 Å². The molecule has 0 aromatic heterocycles. The monoisotopic (exact) mass is 1180 g/mol. The van der Waals surface area contributed by atoms with Gasteiger partial charge in [0.05, 0.1) is 0 Å². The molecule has 2 unspecified atom stereocenters. The molecule has 0 aliphatic rings. The zero-order chi connectivity index (χ0) is 0. The molecule has 0 amide bonds. The molecule has 0 nitrogen and oxygen atoms in total. The Bertz CT molecular complexity index is 31.0. The first kappa shape index (κ1) is 118. The average Bonchev–Trinajstić information content (AvgIpc) is 0. The maximum atomic E-state index is 0. The van der Waals surface area contributed by atoms with Crippen LogP contribution in [-0.4, -0.2) is 137 Å². The van der Waals surface area contributed by atoms with Crippen LogP contribution in [0.1, 0.15) is 0 Å². The fraction of sp³-hybridized carbons (Fsp3) is 0. The molecular formula is H18As2Bi2Cu2Fe2Ni2Sb2. The summed E-state index contributed by atoms with van der Waals surface area (Å²) in [5, 5.41) is 0. The van der Waals surface area contributed by atoms with E-state index in [0.717, 1.165) is 0 Å². The summed E-state index contributed by atoms with van der Waals surface area (Å²) in [6.45, 7) is 0. The van der Waals surface area contributed by atoms with Gasteiger partial charge in [0.25, 0.3) is 0 Å². The molecule has 0 saturated heterocycles. The van der Waals surface area contributed by atoms with Gasteiger partial charge in [-0.25, -0.2) is 0 Å². The van der Waals surface area contributed by atoms with Crippen LogP contribution in [0.3, 0.4) is 0 Å². The Morgan fingerprint density at radius 1 is 0.500 bits per heavy atom. The molecular weight excluding hydrogens is 1170 g/mol. The van der Waals surface area contributed by atoms with Gasteiger partial charge in [0, 0.05) is 101 Å². The Balaban J connectivity index is 0.